The molecule has 0 heterocycles. The summed E-state index contributed by atoms with van der Waals surface area (Å²) in [6.45, 7) is 5.65. The fourth-order valence-electron chi connectivity index (χ4n) is 0.774. The summed E-state index contributed by atoms with van der Waals surface area (Å²) in [4.78, 5) is 1.84. The summed E-state index contributed by atoms with van der Waals surface area (Å²) in [6.07, 6.45) is -0.569. The molecule has 1 unspecified atom stereocenters. The van der Waals surface area contributed by atoms with Crippen molar-refractivity contribution in [2.75, 3.05) is 19.6 Å². The topological polar surface area (TPSA) is 47.3 Å². The highest BCUT2D eigenvalue weighted by molar-refractivity contribution is 4.56. The van der Waals surface area contributed by atoms with Crippen LogP contribution in [0.2, 0.25) is 0 Å². The van der Waals surface area contributed by atoms with Gasteiger partial charge in [-0.25, -0.2) is 0 Å². The van der Waals surface area contributed by atoms with Crippen LogP contribution in [0.15, 0.2) is 0 Å². The Morgan fingerprint density at radius 1 is 1.44 bits per heavy atom. The molecule has 0 spiro atoms. The van der Waals surface area contributed by atoms with Gasteiger partial charge in [-0.2, -0.15) is 0 Å². The highest BCUT2D eigenvalue weighted by atomic mass is 16.3. The Morgan fingerprint density at radius 2 is 1.89 bits per heavy atom. The van der Waals surface area contributed by atoms with E-state index in [0.29, 0.717) is 0 Å². The lowest BCUT2D eigenvalue weighted by Gasteiger charge is -2.22. The molecular formula is C6H15N2O. The second-order valence-electron chi connectivity index (χ2n) is 1.91. The van der Waals surface area contributed by atoms with Crippen LogP contribution in [0.25, 0.3) is 0 Å². The van der Waals surface area contributed by atoms with E-state index < -0.39 is 6.23 Å². The van der Waals surface area contributed by atoms with E-state index in [-0.39, 0.29) is 6.54 Å². The molecule has 0 saturated heterocycles. The smallest absolute Gasteiger partial charge is 0.121 e. The molecule has 2 N–H and O–H groups in total. The van der Waals surface area contributed by atoms with Crippen molar-refractivity contribution in [3.05, 3.63) is 0 Å². The maximum absolute atomic E-state index is 9.06. The van der Waals surface area contributed by atoms with Crippen LogP contribution in [0.5, 0.6) is 0 Å². The molecule has 3 nitrogen and oxygen atoms in total. The maximum Gasteiger partial charge on any atom is 0.121 e. The largest absolute Gasteiger partial charge is 0.377 e. The molecule has 0 aromatic rings. The number of hydrogen-bond donors (Lipinski definition) is 1. The number of nitrogens with zero attached hydrogens (tertiary/aromatic N) is 1. The molecule has 9 heavy (non-hydrogen) atoms. The van der Waals surface area contributed by atoms with Gasteiger partial charge in [0.05, 0.1) is 0 Å². The Morgan fingerprint density at radius 3 is 2.00 bits per heavy atom. The third-order valence-electron chi connectivity index (χ3n) is 1.42. The lowest BCUT2D eigenvalue weighted by Crippen LogP contribution is -2.37. The first-order valence-corrected chi connectivity index (χ1v) is 3.32. The molecule has 3 heteroatoms. The van der Waals surface area contributed by atoms with Crippen LogP contribution in [-0.2, 0) is 0 Å². The molecule has 0 amide bonds. The first kappa shape index (κ1) is 8.88. The van der Waals surface area contributed by atoms with E-state index in [2.05, 4.69) is 0 Å². The summed E-state index contributed by atoms with van der Waals surface area (Å²) in [5.74, 6) is 0. The van der Waals surface area contributed by atoms with Crippen LogP contribution in [0, 0.1) is 0 Å². The van der Waals surface area contributed by atoms with Gasteiger partial charge in [0.1, 0.15) is 6.23 Å². The number of hydrogen-bond acceptors (Lipinski definition) is 2. The monoisotopic (exact) mass is 131 g/mol. The van der Waals surface area contributed by atoms with Gasteiger partial charge in [-0.3, -0.25) is 10.6 Å². The normalized spacial score (nSPS) is 14.3. The van der Waals surface area contributed by atoms with Crippen molar-refractivity contribution in [2.24, 2.45) is 0 Å². The Bertz CT molecular complexity index is 64.1. The molecular weight excluding hydrogens is 116 g/mol. The Labute approximate surface area is 56.5 Å². The van der Waals surface area contributed by atoms with Crippen molar-refractivity contribution in [1.82, 2.24) is 10.6 Å². The van der Waals surface area contributed by atoms with E-state index in [1.165, 1.54) is 0 Å². The SMILES string of the molecule is CCN(CC)C(O)C[NH]. The molecule has 0 fully saturated rings. The van der Waals surface area contributed by atoms with Crippen LogP contribution >= 0.6 is 0 Å². The second kappa shape index (κ2) is 4.73. The van der Waals surface area contributed by atoms with Crippen molar-refractivity contribution in [3.8, 4) is 0 Å². The molecule has 0 saturated carbocycles. The zero-order valence-corrected chi connectivity index (χ0v) is 6.09. The molecule has 0 aromatic heterocycles. The average Bonchev–Trinajstić information content (AvgIpc) is 1.90. The van der Waals surface area contributed by atoms with Crippen molar-refractivity contribution < 1.29 is 5.11 Å². The Hall–Kier alpha value is -0.120. The number of nitrogens with one attached hydrogen (secondary N) is 1. The van der Waals surface area contributed by atoms with E-state index >= 15 is 0 Å². The minimum absolute atomic E-state index is 0.0711. The van der Waals surface area contributed by atoms with Crippen LogP contribution in [0.1, 0.15) is 13.8 Å². The van der Waals surface area contributed by atoms with Gasteiger partial charge in [0, 0.05) is 6.54 Å². The summed E-state index contributed by atoms with van der Waals surface area (Å²) in [7, 11) is 0. The third-order valence-corrected chi connectivity index (χ3v) is 1.42. The zero-order chi connectivity index (χ0) is 7.28. The highest BCUT2D eigenvalue weighted by Gasteiger charge is 2.07. The van der Waals surface area contributed by atoms with E-state index in [1.807, 2.05) is 18.7 Å². The van der Waals surface area contributed by atoms with Gasteiger partial charge in [0.2, 0.25) is 0 Å². The molecule has 0 aliphatic rings. The second-order valence-corrected chi connectivity index (χ2v) is 1.91. The van der Waals surface area contributed by atoms with Gasteiger partial charge < -0.3 is 5.11 Å². The summed E-state index contributed by atoms with van der Waals surface area (Å²) in [5.41, 5.74) is 6.85. The lowest BCUT2D eigenvalue weighted by atomic mass is 10.4. The number of likely N-dealkylation sites (N-methyl/N-ethyl adjacent to an activating group) is 1. The molecule has 0 bridgehead atoms. The molecule has 0 aliphatic heterocycles. The number of aliphatic hydroxyl groups is 1. The van der Waals surface area contributed by atoms with Crippen molar-refractivity contribution in [3.63, 3.8) is 0 Å². The highest BCUT2D eigenvalue weighted by Crippen LogP contribution is 1.91. The number of aliphatic hydroxyl groups excluding tert-OH is 1. The molecule has 1 radical (unpaired) electrons. The standard InChI is InChI=1S/C6H15N2O/c1-3-8(4-2)6(9)5-7/h6-7,9H,3-5H2,1-2H3. The Kier molecular flexibility index (Phi) is 4.67. The van der Waals surface area contributed by atoms with Crippen LogP contribution < -0.4 is 5.73 Å². The molecule has 0 aliphatic carbocycles. The average molecular weight is 131 g/mol. The summed E-state index contributed by atoms with van der Waals surface area (Å²) in [6, 6.07) is 0. The fraction of sp³-hybridized carbons (Fsp3) is 1.00. The van der Waals surface area contributed by atoms with Crippen LogP contribution in [0.3, 0.4) is 0 Å². The van der Waals surface area contributed by atoms with E-state index in [4.69, 9.17) is 10.8 Å². The van der Waals surface area contributed by atoms with Gasteiger partial charge >= 0.3 is 0 Å². The molecule has 0 aromatic carbocycles. The van der Waals surface area contributed by atoms with Gasteiger partial charge in [0.15, 0.2) is 0 Å². The fourth-order valence-corrected chi connectivity index (χ4v) is 0.774. The van der Waals surface area contributed by atoms with E-state index in [0.717, 1.165) is 13.1 Å². The minimum atomic E-state index is -0.569. The van der Waals surface area contributed by atoms with Crippen molar-refractivity contribution >= 4 is 0 Å². The number of rotatable bonds is 4. The summed E-state index contributed by atoms with van der Waals surface area (Å²) >= 11 is 0. The van der Waals surface area contributed by atoms with Gasteiger partial charge in [-0.1, -0.05) is 13.8 Å². The first-order valence-electron chi connectivity index (χ1n) is 3.32. The Balaban J connectivity index is 3.50. The maximum atomic E-state index is 9.06. The molecule has 55 valence electrons. The van der Waals surface area contributed by atoms with Gasteiger partial charge in [0.25, 0.3) is 0 Å². The minimum Gasteiger partial charge on any atom is -0.377 e. The molecule has 0 rings (SSSR count). The zero-order valence-electron chi connectivity index (χ0n) is 6.09. The van der Waals surface area contributed by atoms with Crippen molar-refractivity contribution in [2.45, 2.75) is 20.1 Å². The van der Waals surface area contributed by atoms with Crippen LogP contribution in [-0.4, -0.2) is 35.9 Å². The summed E-state index contributed by atoms with van der Waals surface area (Å²) in [5, 5.41) is 9.06. The van der Waals surface area contributed by atoms with Gasteiger partial charge in [-0.15, -0.1) is 0 Å². The first-order chi connectivity index (χ1) is 4.26. The van der Waals surface area contributed by atoms with E-state index in [9.17, 15) is 0 Å². The third kappa shape index (κ3) is 2.79. The summed E-state index contributed by atoms with van der Waals surface area (Å²) < 4.78 is 0. The predicted octanol–water partition coefficient (Wildman–Crippen LogP) is -0.0705. The molecule has 1 atom stereocenters. The lowest BCUT2D eigenvalue weighted by molar-refractivity contribution is 0.0172. The van der Waals surface area contributed by atoms with Gasteiger partial charge in [-0.05, 0) is 13.1 Å². The quantitative estimate of drug-likeness (QED) is 0.543. The van der Waals surface area contributed by atoms with E-state index in [1.54, 1.807) is 0 Å². The predicted molar refractivity (Wildman–Crippen MR) is 36.9 cm³/mol. The van der Waals surface area contributed by atoms with Crippen LogP contribution in [0.4, 0.5) is 0 Å². The van der Waals surface area contributed by atoms with Crippen molar-refractivity contribution in [1.29, 1.82) is 0 Å².